The van der Waals surface area contributed by atoms with Crippen molar-refractivity contribution in [3.05, 3.63) is 29.8 Å². The van der Waals surface area contributed by atoms with E-state index in [1.54, 1.807) is 7.11 Å². The fourth-order valence-electron chi connectivity index (χ4n) is 3.99. The average molecular weight is 406 g/mol. The van der Waals surface area contributed by atoms with Crippen LogP contribution >= 0.6 is 0 Å². The van der Waals surface area contributed by atoms with E-state index in [9.17, 15) is 21.6 Å². The largest absolute Gasteiger partial charge is 0.417 e. The average Bonchev–Trinajstić information content (AvgIpc) is 2.67. The standard InChI is InChI=1S/C18H25F3N2O3S/c1-26-15-8-10-22(11-9-15)14-6-12-23(13-7-14)27(24,25)17-5-3-2-4-16(17)18(19,20)21/h2-5,14-15H,6-13H2,1H3. The Morgan fingerprint density at radius 1 is 1.00 bits per heavy atom. The number of hydrogen-bond donors (Lipinski definition) is 0. The van der Waals surface area contributed by atoms with Crippen molar-refractivity contribution in [3.8, 4) is 0 Å². The number of hydrogen-bond acceptors (Lipinski definition) is 4. The highest BCUT2D eigenvalue weighted by Gasteiger charge is 2.40. The molecule has 5 nitrogen and oxygen atoms in total. The summed E-state index contributed by atoms with van der Waals surface area (Å²) in [5, 5.41) is 0. The molecule has 2 saturated heterocycles. The van der Waals surface area contributed by atoms with Crippen LogP contribution in [0.5, 0.6) is 0 Å². The molecule has 0 aliphatic carbocycles. The monoisotopic (exact) mass is 406 g/mol. The van der Waals surface area contributed by atoms with E-state index in [2.05, 4.69) is 4.90 Å². The first kappa shape index (κ1) is 20.6. The summed E-state index contributed by atoms with van der Waals surface area (Å²) in [5.41, 5.74) is -1.10. The molecule has 0 spiro atoms. The lowest BCUT2D eigenvalue weighted by atomic mass is 10.00. The normalized spacial score (nSPS) is 22.2. The zero-order chi connectivity index (χ0) is 19.7. The molecule has 0 bridgehead atoms. The molecule has 2 heterocycles. The molecule has 0 unspecified atom stereocenters. The van der Waals surface area contributed by atoms with Gasteiger partial charge >= 0.3 is 6.18 Å². The van der Waals surface area contributed by atoms with Gasteiger partial charge in [-0.3, -0.25) is 0 Å². The number of likely N-dealkylation sites (tertiary alicyclic amines) is 1. The minimum Gasteiger partial charge on any atom is -0.381 e. The van der Waals surface area contributed by atoms with Gasteiger partial charge in [-0.25, -0.2) is 8.42 Å². The lowest BCUT2D eigenvalue weighted by Gasteiger charge is -2.41. The SMILES string of the molecule is COC1CCN(C2CCN(S(=O)(=O)c3ccccc3C(F)(F)F)CC2)CC1. The van der Waals surface area contributed by atoms with Gasteiger partial charge in [0.05, 0.1) is 16.6 Å². The predicted molar refractivity (Wildman–Crippen MR) is 94.8 cm³/mol. The van der Waals surface area contributed by atoms with Gasteiger partial charge in [-0.05, 0) is 37.8 Å². The number of nitrogens with zero attached hydrogens (tertiary/aromatic N) is 2. The number of rotatable bonds is 4. The van der Waals surface area contributed by atoms with Crippen molar-refractivity contribution >= 4 is 10.0 Å². The first-order valence-corrected chi connectivity index (χ1v) is 10.6. The van der Waals surface area contributed by atoms with Crippen molar-refractivity contribution in [3.63, 3.8) is 0 Å². The topological polar surface area (TPSA) is 49.9 Å². The highest BCUT2D eigenvalue weighted by molar-refractivity contribution is 7.89. The molecule has 0 radical (unpaired) electrons. The van der Waals surface area contributed by atoms with Crippen molar-refractivity contribution in [1.82, 2.24) is 9.21 Å². The minimum atomic E-state index is -4.70. The molecule has 1 aromatic carbocycles. The van der Waals surface area contributed by atoms with Gasteiger partial charge in [0.2, 0.25) is 10.0 Å². The number of ether oxygens (including phenoxy) is 1. The van der Waals surface area contributed by atoms with Crippen LogP contribution in [0.2, 0.25) is 0 Å². The fraction of sp³-hybridized carbons (Fsp3) is 0.667. The summed E-state index contributed by atoms with van der Waals surface area (Å²) in [4.78, 5) is 1.69. The molecule has 0 amide bonds. The molecular formula is C18H25F3N2O3S. The lowest BCUT2D eigenvalue weighted by Crippen LogP contribution is -2.49. The summed E-state index contributed by atoms with van der Waals surface area (Å²) < 4.78 is 71.8. The Labute approximate surface area is 158 Å². The van der Waals surface area contributed by atoms with Gasteiger partial charge in [0.25, 0.3) is 0 Å². The molecule has 152 valence electrons. The molecule has 2 aliphatic heterocycles. The molecule has 0 aromatic heterocycles. The maximum absolute atomic E-state index is 13.2. The second-order valence-electron chi connectivity index (χ2n) is 7.10. The van der Waals surface area contributed by atoms with E-state index in [0.717, 1.165) is 38.1 Å². The molecule has 1 aromatic rings. The van der Waals surface area contributed by atoms with Crippen molar-refractivity contribution in [2.45, 2.75) is 48.9 Å². The molecule has 9 heteroatoms. The molecule has 0 N–H and O–H groups in total. The molecule has 3 rings (SSSR count). The Morgan fingerprint density at radius 3 is 2.15 bits per heavy atom. The first-order chi connectivity index (χ1) is 12.7. The third-order valence-corrected chi connectivity index (χ3v) is 7.52. The maximum atomic E-state index is 13.2. The molecule has 0 saturated carbocycles. The number of piperidine rings is 2. The van der Waals surface area contributed by atoms with Crippen molar-refractivity contribution in [1.29, 1.82) is 0 Å². The number of halogens is 3. The molecular weight excluding hydrogens is 381 g/mol. The molecule has 0 atom stereocenters. The fourth-order valence-corrected chi connectivity index (χ4v) is 5.67. The summed E-state index contributed by atoms with van der Waals surface area (Å²) in [6.07, 6.45) is -1.26. The first-order valence-electron chi connectivity index (χ1n) is 9.16. The zero-order valence-electron chi connectivity index (χ0n) is 15.3. The third-order valence-electron chi connectivity index (χ3n) is 5.56. The number of methoxy groups -OCH3 is 1. The van der Waals surface area contributed by atoms with E-state index in [1.807, 2.05) is 0 Å². The molecule has 2 aliphatic rings. The van der Waals surface area contributed by atoms with E-state index in [-0.39, 0.29) is 25.2 Å². The van der Waals surface area contributed by atoms with Crippen LogP contribution < -0.4 is 0 Å². The van der Waals surface area contributed by atoms with E-state index in [1.165, 1.54) is 16.4 Å². The van der Waals surface area contributed by atoms with Gasteiger partial charge in [-0.2, -0.15) is 17.5 Å². The van der Waals surface area contributed by atoms with E-state index >= 15 is 0 Å². The number of benzene rings is 1. The van der Waals surface area contributed by atoms with Gasteiger partial charge in [-0.1, -0.05) is 12.1 Å². The van der Waals surface area contributed by atoms with E-state index in [0.29, 0.717) is 12.8 Å². The quantitative estimate of drug-likeness (QED) is 0.772. The number of alkyl halides is 3. The van der Waals surface area contributed by atoms with Gasteiger partial charge in [-0.15, -0.1) is 0 Å². The van der Waals surface area contributed by atoms with Crippen LogP contribution in [0.4, 0.5) is 13.2 Å². The molecule has 2 fully saturated rings. The van der Waals surface area contributed by atoms with Crippen LogP contribution in [-0.4, -0.2) is 63.1 Å². The Balaban J connectivity index is 1.68. The van der Waals surface area contributed by atoms with Crippen LogP contribution in [-0.2, 0) is 20.9 Å². The van der Waals surface area contributed by atoms with Gasteiger partial charge in [0, 0.05) is 39.3 Å². The summed E-state index contributed by atoms with van der Waals surface area (Å²) in [5.74, 6) is 0. The smallest absolute Gasteiger partial charge is 0.381 e. The van der Waals surface area contributed by atoms with E-state index in [4.69, 9.17) is 4.74 Å². The summed E-state index contributed by atoms with van der Waals surface area (Å²) in [6, 6.07) is 4.67. The van der Waals surface area contributed by atoms with Gasteiger partial charge in [0.15, 0.2) is 0 Å². The lowest BCUT2D eigenvalue weighted by molar-refractivity contribution is -0.139. The summed E-state index contributed by atoms with van der Waals surface area (Å²) in [6.45, 7) is 2.30. The highest BCUT2D eigenvalue weighted by atomic mass is 32.2. The van der Waals surface area contributed by atoms with Crippen LogP contribution in [0.1, 0.15) is 31.2 Å². The van der Waals surface area contributed by atoms with Crippen LogP contribution in [0.3, 0.4) is 0 Å². The van der Waals surface area contributed by atoms with Crippen LogP contribution in [0.25, 0.3) is 0 Å². The van der Waals surface area contributed by atoms with Crippen LogP contribution in [0, 0.1) is 0 Å². The highest BCUT2D eigenvalue weighted by Crippen LogP contribution is 2.36. The van der Waals surface area contributed by atoms with Gasteiger partial charge in [0.1, 0.15) is 0 Å². The van der Waals surface area contributed by atoms with Crippen molar-refractivity contribution in [2.75, 3.05) is 33.3 Å². The summed E-state index contributed by atoms with van der Waals surface area (Å²) >= 11 is 0. The molecule has 27 heavy (non-hydrogen) atoms. The second-order valence-corrected chi connectivity index (χ2v) is 9.01. The maximum Gasteiger partial charge on any atom is 0.417 e. The minimum absolute atomic E-state index is 0.239. The zero-order valence-corrected chi connectivity index (χ0v) is 16.1. The van der Waals surface area contributed by atoms with Crippen molar-refractivity contribution < 1.29 is 26.3 Å². The Kier molecular flexibility index (Phi) is 6.14. The Hall–Kier alpha value is -1.16. The Bertz CT molecular complexity index is 738. The second kappa shape index (κ2) is 8.06. The third kappa shape index (κ3) is 4.47. The Morgan fingerprint density at radius 2 is 1.59 bits per heavy atom. The van der Waals surface area contributed by atoms with Crippen LogP contribution in [0.15, 0.2) is 29.2 Å². The van der Waals surface area contributed by atoms with E-state index < -0.39 is 26.7 Å². The number of sulfonamides is 1. The predicted octanol–water partition coefficient (Wildman–Crippen LogP) is 2.97. The van der Waals surface area contributed by atoms with Crippen molar-refractivity contribution in [2.24, 2.45) is 0 Å². The van der Waals surface area contributed by atoms with Gasteiger partial charge < -0.3 is 9.64 Å². The summed E-state index contributed by atoms with van der Waals surface area (Å²) in [7, 11) is -2.46.